The summed E-state index contributed by atoms with van der Waals surface area (Å²) in [5.74, 6) is 0.0407. The predicted molar refractivity (Wildman–Crippen MR) is 85.1 cm³/mol. The first-order valence-electron chi connectivity index (χ1n) is 8.83. The van der Waals surface area contributed by atoms with E-state index < -0.39 is 6.10 Å². The van der Waals surface area contributed by atoms with Crippen LogP contribution in [0.3, 0.4) is 0 Å². The fraction of sp³-hybridized carbons (Fsp3) is 0.941. The Bertz CT molecular complexity index is 319. The highest BCUT2D eigenvalue weighted by Gasteiger charge is 2.34. The van der Waals surface area contributed by atoms with Gasteiger partial charge in [-0.05, 0) is 32.6 Å². The Balaban J connectivity index is 1.85. The Morgan fingerprint density at radius 1 is 1.14 bits per heavy atom. The van der Waals surface area contributed by atoms with Crippen molar-refractivity contribution in [1.82, 2.24) is 5.32 Å². The van der Waals surface area contributed by atoms with Crippen LogP contribution in [0.2, 0.25) is 0 Å². The molecule has 0 aromatic rings. The average Bonchev–Trinajstić information content (AvgIpc) is 2.74. The van der Waals surface area contributed by atoms with Gasteiger partial charge in [0, 0.05) is 12.6 Å². The maximum atomic E-state index is 12.4. The van der Waals surface area contributed by atoms with Gasteiger partial charge in [-0.25, -0.2) is 0 Å². The minimum absolute atomic E-state index is 0.0407. The fourth-order valence-electron chi connectivity index (χ4n) is 3.74. The lowest BCUT2D eigenvalue weighted by Crippen LogP contribution is -2.49. The first-order chi connectivity index (χ1) is 10.2. The van der Waals surface area contributed by atoms with Gasteiger partial charge in [0.15, 0.2) is 0 Å². The molecule has 0 radical (unpaired) electrons. The summed E-state index contributed by atoms with van der Waals surface area (Å²) in [7, 11) is 0. The summed E-state index contributed by atoms with van der Waals surface area (Å²) in [6.45, 7) is 2.40. The van der Waals surface area contributed by atoms with E-state index in [-0.39, 0.29) is 11.5 Å². The van der Waals surface area contributed by atoms with Crippen LogP contribution in [-0.2, 0) is 9.53 Å². The number of carbonyl (C=O) groups excluding carboxylic acids is 1. The molecule has 0 spiro atoms. The predicted octanol–water partition coefficient (Wildman–Crippen LogP) is 2.89. The highest BCUT2D eigenvalue weighted by atomic mass is 16.5. The number of carbonyl (C=O) groups is 1. The molecular weight excluding hydrogens is 264 g/mol. The minimum atomic E-state index is -0.395. The summed E-state index contributed by atoms with van der Waals surface area (Å²) in [6.07, 6.45) is 12.4. The third kappa shape index (κ3) is 4.96. The van der Waals surface area contributed by atoms with E-state index in [0.717, 1.165) is 38.5 Å². The Morgan fingerprint density at radius 3 is 2.29 bits per heavy atom. The Morgan fingerprint density at radius 2 is 1.71 bits per heavy atom. The van der Waals surface area contributed by atoms with Gasteiger partial charge in [0.25, 0.3) is 0 Å². The molecule has 2 aliphatic carbocycles. The molecule has 0 aromatic heterocycles. The third-order valence-electron chi connectivity index (χ3n) is 5.13. The van der Waals surface area contributed by atoms with Gasteiger partial charge in [0.05, 0.1) is 5.60 Å². The van der Waals surface area contributed by atoms with Crippen molar-refractivity contribution >= 4 is 5.91 Å². The van der Waals surface area contributed by atoms with Crippen molar-refractivity contribution in [2.24, 2.45) is 5.73 Å². The first kappa shape index (κ1) is 16.8. The summed E-state index contributed by atoms with van der Waals surface area (Å²) < 4.78 is 6.17. The minimum Gasteiger partial charge on any atom is -0.361 e. The standard InChI is InChI=1S/C17H32N2O2/c1-14(16(20)19-15-9-5-4-6-10-15)21-17(13-18)11-7-2-3-8-12-17/h14-15H,2-13,18H2,1H3,(H,19,20). The fourth-order valence-corrected chi connectivity index (χ4v) is 3.74. The topological polar surface area (TPSA) is 64.3 Å². The SMILES string of the molecule is CC(OC1(CN)CCCCCC1)C(=O)NC1CCCCC1. The van der Waals surface area contributed by atoms with E-state index >= 15 is 0 Å². The average molecular weight is 296 g/mol. The van der Waals surface area contributed by atoms with E-state index in [9.17, 15) is 4.79 Å². The molecule has 3 N–H and O–H groups in total. The first-order valence-corrected chi connectivity index (χ1v) is 8.83. The number of amides is 1. The van der Waals surface area contributed by atoms with E-state index in [1.54, 1.807) is 0 Å². The van der Waals surface area contributed by atoms with Gasteiger partial charge in [-0.1, -0.05) is 44.9 Å². The van der Waals surface area contributed by atoms with E-state index in [2.05, 4.69) is 5.32 Å². The van der Waals surface area contributed by atoms with Gasteiger partial charge in [-0.3, -0.25) is 4.79 Å². The number of ether oxygens (including phenoxy) is 1. The second-order valence-electron chi connectivity index (χ2n) is 6.90. The van der Waals surface area contributed by atoms with Gasteiger partial charge in [0.1, 0.15) is 6.10 Å². The highest BCUT2D eigenvalue weighted by molar-refractivity contribution is 5.80. The molecule has 1 amide bonds. The van der Waals surface area contributed by atoms with Crippen LogP contribution < -0.4 is 11.1 Å². The van der Waals surface area contributed by atoms with Crippen molar-refractivity contribution < 1.29 is 9.53 Å². The molecule has 4 nitrogen and oxygen atoms in total. The molecule has 21 heavy (non-hydrogen) atoms. The molecule has 2 saturated carbocycles. The lowest BCUT2D eigenvalue weighted by Gasteiger charge is -2.35. The third-order valence-corrected chi connectivity index (χ3v) is 5.13. The number of nitrogens with two attached hydrogens (primary N) is 1. The van der Waals surface area contributed by atoms with E-state index in [1.165, 1.54) is 32.1 Å². The summed E-state index contributed by atoms with van der Waals surface area (Å²) in [5, 5.41) is 3.16. The number of hydrogen-bond acceptors (Lipinski definition) is 3. The van der Waals surface area contributed by atoms with Crippen molar-refractivity contribution in [1.29, 1.82) is 0 Å². The normalized spacial score (nSPS) is 25.0. The van der Waals surface area contributed by atoms with Crippen LogP contribution in [0, 0.1) is 0 Å². The van der Waals surface area contributed by atoms with Crippen LogP contribution in [0.25, 0.3) is 0 Å². The molecule has 0 aliphatic heterocycles. The van der Waals surface area contributed by atoms with Crippen LogP contribution in [0.1, 0.15) is 77.6 Å². The molecule has 0 saturated heterocycles. The molecule has 4 heteroatoms. The molecule has 1 atom stereocenters. The van der Waals surface area contributed by atoms with E-state index in [4.69, 9.17) is 10.5 Å². The molecule has 1 unspecified atom stereocenters. The zero-order valence-corrected chi connectivity index (χ0v) is 13.5. The summed E-state index contributed by atoms with van der Waals surface area (Å²) in [5.41, 5.74) is 5.71. The van der Waals surface area contributed by atoms with Gasteiger partial charge in [0.2, 0.25) is 5.91 Å². The number of rotatable bonds is 5. The lowest BCUT2D eigenvalue weighted by molar-refractivity contribution is -0.147. The molecule has 2 rings (SSSR count). The van der Waals surface area contributed by atoms with E-state index in [1.807, 2.05) is 6.92 Å². The molecule has 0 heterocycles. The van der Waals surface area contributed by atoms with Crippen molar-refractivity contribution in [2.45, 2.75) is 95.3 Å². The van der Waals surface area contributed by atoms with Crippen molar-refractivity contribution in [3.63, 3.8) is 0 Å². The molecule has 2 fully saturated rings. The highest BCUT2D eigenvalue weighted by Crippen LogP contribution is 2.31. The molecule has 0 aromatic carbocycles. The van der Waals surface area contributed by atoms with Gasteiger partial charge in [-0.15, -0.1) is 0 Å². The largest absolute Gasteiger partial charge is 0.361 e. The smallest absolute Gasteiger partial charge is 0.249 e. The second kappa shape index (κ2) is 8.14. The van der Waals surface area contributed by atoms with Crippen LogP contribution >= 0.6 is 0 Å². The van der Waals surface area contributed by atoms with Gasteiger partial charge >= 0.3 is 0 Å². The monoisotopic (exact) mass is 296 g/mol. The zero-order valence-electron chi connectivity index (χ0n) is 13.5. The number of hydrogen-bond donors (Lipinski definition) is 2. The lowest BCUT2D eigenvalue weighted by atomic mass is 9.93. The Hall–Kier alpha value is -0.610. The molecular formula is C17H32N2O2. The summed E-state index contributed by atoms with van der Waals surface area (Å²) in [6, 6.07) is 0.347. The summed E-state index contributed by atoms with van der Waals surface area (Å²) in [4.78, 5) is 12.4. The molecule has 122 valence electrons. The van der Waals surface area contributed by atoms with Crippen molar-refractivity contribution in [2.75, 3.05) is 6.54 Å². The van der Waals surface area contributed by atoms with Gasteiger partial charge in [-0.2, -0.15) is 0 Å². The molecule has 2 aliphatic rings. The molecule has 0 bridgehead atoms. The van der Waals surface area contributed by atoms with Crippen molar-refractivity contribution in [3.05, 3.63) is 0 Å². The van der Waals surface area contributed by atoms with E-state index in [0.29, 0.717) is 12.6 Å². The van der Waals surface area contributed by atoms with Gasteiger partial charge < -0.3 is 15.8 Å². The van der Waals surface area contributed by atoms with Crippen LogP contribution in [0.15, 0.2) is 0 Å². The quantitative estimate of drug-likeness (QED) is 0.767. The summed E-state index contributed by atoms with van der Waals surface area (Å²) >= 11 is 0. The Labute approximate surface area is 129 Å². The zero-order chi connectivity index (χ0) is 15.1. The van der Waals surface area contributed by atoms with Crippen LogP contribution in [-0.4, -0.2) is 30.2 Å². The Kier molecular flexibility index (Phi) is 6.49. The maximum Gasteiger partial charge on any atom is 0.249 e. The number of nitrogens with one attached hydrogen (secondary N) is 1. The van der Waals surface area contributed by atoms with Crippen LogP contribution in [0.5, 0.6) is 0 Å². The maximum absolute atomic E-state index is 12.4. The van der Waals surface area contributed by atoms with Crippen LogP contribution in [0.4, 0.5) is 0 Å². The van der Waals surface area contributed by atoms with Crippen molar-refractivity contribution in [3.8, 4) is 0 Å². The second-order valence-corrected chi connectivity index (χ2v) is 6.90.